The highest BCUT2D eigenvalue weighted by atomic mass is 19.1. The predicted molar refractivity (Wildman–Crippen MR) is 58.0 cm³/mol. The van der Waals surface area contributed by atoms with Gasteiger partial charge in [0.15, 0.2) is 23.1 Å². The van der Waals surface area contributed by atoms with Gasteiger partial charge in [-0.3, -0.25) is 4.79 Å². The molecule has 0 saturated carbocycles. The number of benzene rings is 1. The number of halogens is 1. The molecule has 0 saturated heterocycles. The molecule has 1 rings (SSSR count). The van der Waals surface area contributed by atoms with E-state index in [0.717, 1.165) is 6.07 Å². The molecule has 0 radical (unpaired) electrons. The Morgan fingerprint density at radius 1 is 1.11 bits per heavy atom. The van der Waals surface area contributed by atoms with Gasteiger partial charge >= 0.3 is 5.97 Å². The molecule has 98 valence electrons. The molecule has 0 aromatic heterocycles. The number of ketones is 1. The van der Waals surface area contributed by atoms with Crippen molar-refractivity contribution in [1.29, 1.82) is 0 Å². The Labute approximate surface area is 102 Å². The molecule has 0 aliphatic carbocycles. The third kappa shape index (κ3) is 2.20. The fraction of sp³-hybridized carbons (Fsp3) is 0.273. The van der Waals surface area contributed by atoms with Crippen molar-refractivity contribution >= 4 is 11.8 Å². The minimum Gasteiger partial charge on any atom is -0.494 e. The number of carboxylic acids is 1. The highest BCUT2D eigenvalue weighted by Crippen LogP contribution is 2.38. The SMILES string of the molecule is COc1cc(OC)c(OC)c(C(=O)C(=O)O)c1F. The highest BCUT2D eigenvalue weighted by molar-refractivity contribution is 6.40. The van der Waals surface area contributed by atoms with Gasteiger partial charge in [0.2, 0.25) is 0 Å². The van der Waals surface area contributed by atoms with Gasteiger partial charge in [0.05, 0.1) is 21.3 Å². The average molecular weight is 258 g/mol. The molecule has 0 unspecified atom stereocenters. The van der Waals surface area contributed by atoms with E-state index in [1.165, 1.54) is 21.3 Å². The summed E-state index contributed by atoms with van der Waals surface area (Å²) in [5, 5.41) is 8.65. The molecule has 1 aromatic rings. The number of ether oxygens (including phenoxy) is 3. The fourth-order valence-electron chi connectivity index (χ4n) is 1.41. The van der Waals surface area contributed by atoms with Crippen molar-refractivity contribution in [3.05, 3.63) is 17.4 Å². The second-order valence-electron chi connectivity index (χ2n) is 3.14. The van der Waals surface area contributed by atoms with Crippen LogP contribution in [0.3, 0.4) is 0 Å². The normalized spacial score (nSPS) is 9.78. The zero-order valence-electron chi connectivity index (χ0n) is 9.94. The molecular weight excluding hydrogens is 247 g/mol. The van der Waals surface area contributed by atoms with Crippen LogP contribution in [0.1, 0.15) is 10.4 Å². The van der Waals surface area contributed by atoms with Gasteiger partial charge in [0.1, 0.15) is 5.56 Å². The van der Waals surface area contributed by atoms with Crippen molar-refractivity contribution < 1.29 is 33.3 Å². The van der Waals surface area contributed by atoms with E-state index < -0.39 is 23.1 Å². The zero-order chi connectivity index (χ0) is 13.9. The molecule has 1 aromatic carbocycles. The van der Waals surface area contributed by atoms with E-state index in [1.807, 2.05) is 0 Å². The first-order valence-electron chi connectivity index (χ1n) is 4.74. The van der Waals surface area contributed by atoms with Crippen molar-refractivity contribution in [3.63, 3.8) is 0 Å². The molecule has 0 aliphatic heterocycles. The van der Waals surface area contributed by atoms with Gasteiger partial charge in [-0.1, -0.05) is 0 Å². The average Bonchev–Trinajstić information content (AvgIpc) is 2.36. The molecule has 0 atom stereocenters. The second-order valence-corrected chi connectivity index (χ2v) is 3.14. The lowest BCUT2D eigenvalue weighted by atomic mass is 10.1. The van der Waals surface area contributed by atoms with Gasteiger partial charge in [-0.15, -0.1) is 0 Å². The Bertz CT molecular complexity index is 497. The van der Waals surface area contributed by atoms with E-state index in [-0.39, 0.29) is 17.2 Å². The van der Waals surface area contributed by atoms with Crippen LogP contribution in [0, 0.1) is 5.82 Å². The minimum atomic E-state index is -1.80. The lowest BCUT2D eigenvalue weighted by Crippen LogP contribution is -2.17. The molecule has 6 nitrogen and oxygen atoms in total. The molecule has 0 fully saturated rings. The van der Waals surface area contributed by atoms with Gasteiger partial charge in [-0.2, -0.15) is 0 Å². The van der Waals surface area contributed by atoms with Crippen LogP contribution >= 0.6 is 0 Å². The number of carbonyl (C=O) groups excluding carboxylic acids is 1. The summed E-state index contributed by atoms with van der Waals surface area (Å²) in [4.78, 5) is 22.1. The van der Waals surface area contributed by atoms with Gasteiger partial charge in [-0.25, -0.2) is 9.18 Å². The van der Waals surface area contributed by atoms with Crippen LogP contribution < -0.4 is 14.2 Å². The summed E-state index contributed by atoms with van der Waals surface area (Å²) < 4.78 is 28.3. The Kier molecular flexibility index (Phi) is 4.09. The van der Waals surface area contributed by atoms with Crippen LogP contribution in [0.25, 0.3) is 0 Å². The van der Waals surface area contributed by atoms with Crippen molar-refractivity contribution in [2.75, 3.05) is 21.3 Å². The first kappa shape index (κ1) is 13.8. The van der Waals surface area contributed by atoms with E-state index in [4.69, 9.17) is 19.3 Å². The largest absolute Gasteiger partial charge is 0.494 e. The standard InChI is InChI=1S/C11H11FO6/c1-16-5-4-6(17-2)10(18-3)7(8(5)12)9(13)11(14)15/h4H,1-3H3,(H,14,15). The fourth-order valence-corrected chi connectivity index (χ4v) is 1.41. The summed E-state index contributed by atoms with van der Waals surface area (Å²) in [5.41, 5.74) is -0.735. The molecule has 18 heavy (non-hydrogen) atoms. The van der Waals surface area contributed by atoms with Crippen LogP contribution in [0.15, 0.2) is 6.07 Å². The van der Waals surface area contributed by atoms with Gasteiger partial charge in [0.25, 0.3) is 5.78 Å². The first-order chi connectivity index (χ1) is 8.47. The molecule has 0 amide bonds. The Balaban J connectivity index is 3.63. The quantitative estimate of drug-likeness (QED) is 0.629. The highest BCUT2D eigenvalue weighted by Gasteiger charge is 2.29. The van der Waals surface area contributed by atoms with Gasteiger partial charge in [-0.05, 0) is 0 Å². The van der Waals surface area contributed by atoms with Crippen molar-refractivity contribution in [2.24, 2.45) is 0 Å². The molecule has 0 bridgehead atoms. The summed E-state index contributed by atoms with van der Waals surface area (Å²) in [6.45, 7) is 0. The molecular formula is C11H11FO6. The van der Waals surface area contributed by atoms with Crippen LogP contribution in [0.4, 0.5) is 4.39 Å². The van der Waals surface area contributed by atoms with Crippen LogP contribution in [0.5, 0.6) is 17.2 Å². The van der Waals surface area contributed by atoms with Crippen LogP contribution in [-0.2, 0) is 4.79 Å². The summed E-state index contributed by atoms with van der Waals surface area (Å²) in [6, 6.07) is 1.16. The smallest absolute Gasteiger partial charge is 0.377 e. The predicted octanol–water partition coefficient (Wildman–Crippen LogP) is 1.12. The Morgan fingerprint density at radius 3 is 2.06 bits per heavy atom. The van der Waals surface area contributed by atoms with Crippen LogP contribution in [-0.4, -0.2) is 38.2 Å². The number of carbonyl (C=O) groups is 2. The van der Waals surface area contributed by atoms with E-state index >= 15 is 0 Å². The maximum atomic E-state index is 13.9. The lowest BCUT2D eigenvalue weighted by Gasteiger charge is -2.14. The molecule has 1 N–H and O–H groups in total. The molecule has 0 aliphatic rings. The van der Waals surface area contributed by atoms with Crippen molar-refractivity contribution in [2.45, 2.75) is 0 Å². The first-order valence-corrected chi connectivity index (χ1v) is 4.74. The minimum absolute atomic E-state index is 0.000324. The zero-order valence-corrected chi connectivity index (χ0v) is 9.94. The van der Waals surface area contributed by atoms with Crippen molar-refractivity contribution in [3.8, 4) is 17.2 Å². The second kappa shape index (κ2) is 5.35. The van der Waals surface area contributed by atoms with Crippen molar-refractivity contribution in [1.82, 2.24) is 0 Å². The summed E-state index contributed by atoms with van der Waals surface area (Å²) >= 11 is 0. The van der Waals surface area contributed by atoms with Gasteiger partial charge < -0.3 is 19.3 Å². The Hall–Kier alpha value is -2.31. The number of hydrogen-bond acceptors (Lipinski definition) is 5. The number of methoxy groups -OCH3 is 3. The summed E-state index contributed by atoms with van der Waals surface area (Å²) in [5.74, 6) is -4.95. The van der Waals surface area contributed by atoms with E-state index in [9.17, 15) is 14.0 Å². The molecule has 0 spiro atoms. The lowest BCUT2D eigenvalue weighted by molar-refractivity contribution is -0.131. The summed E-state index contributed by atoms with van der Waals surface area (Å²) in [6.07, 6.45) is 0. The number of Topliss-reactive ketones (excluding diaryl/α,β-unsaturated/α-hetero) is 1. The van der Waals surface area contributed by atoms with E-state index in [2.05, 4.69) is 0 Å². The molecule has 0 heterocycles. The van der Waals surface area contributed by atoms with Gasteiger partial charge in [0, 0.05) is 6.07 Å². The van der Waals surface area contributed by atoms with E-state index in [1.54, 1.807) is 0 Å². The number of aliphatic carboxylic acids is 1. The molecule has 7 heteroatoms. The third-order valence-corrected chi connectivity index (χ3v) is 2.21. The third-order valence-electron chi connectivity index (χ3n) is 2.21. The number of hydrogen-bond donors (Lipinski definition) is 1. The van der Waals surface area contributed by atoms with E-state index in [0.29, 0.717) is 0 Å². The maximum Gasteiger partial charge on any atom is 0.377 e. The Morgan fingerprint density at radius 2 is 1.67 bits per heavy atom. The maximum absolute atomic E-state index is 13.9. The number of carboxylic acid groups (broad SMARTS) is 1. The topological polar surface area (TPSA) is 82.1 Å². The van der Waals surface area contributed by atoms with Crippen LogP contribution in [0.2, 0.25) is 0 Å². The number of rotatable bonds is 5. The summed E-state index contributed by atoms with van der Waals surface area (Å²) in [7, 11) is 3.62. The monoisotopic (exact) mass is 258 g/mol.